The molecular weight excluding hydrogens is 259 g/mol. The number of methoxy groups -OCH3 is 2. The van der Waals surface area contributed by atoms with E-state index in [4.69, 9.17) is 15.3 Å². The zero-order valence-corrected chi connectivity index (χ0v) is 12.9. The lowest BCUT2D eigenvalue weighted by Gasteiger charge is -2.35. The fourth-order valence-corrected chi connectivity index (χ4v) is 2.48. The van der Waals surface area contributed by atoms with Crippen molar-refractivity contribution in [1.82, 2.24) is 5.43 Å². The van der Waals surface area contributed by atoms with Gasteiger partial charge in [-0.2, -0.15) is 0 Å². The number of halogens is 1. The van der Waals surface area contributed by atoms with Gasteiger partial charge < -0.3 is 9.47 Å². The molecule has 0 saturated heterocycles. The van der Waals surface area contributed by atoms with Crippen LogP contribution in [0, 0.1) is 11.2 Å². The summed E-state index contributed by atoms with van der Waals surface area (Å²) in [6.45, 7) is 6.19. The van der Waals surface area contributed by atoms with E-state index in [-0.39, 0.29) is 29.1 Å². The normalized spacial score (nSPS) is 14.9. The molecule has 114 valence electrons. The van der Waals surface area contributed by atoms with Gasteiger partial charge in [0.1, 0.15) is 0 Å². The van der Waals surface area contributed by atoms with Crippen molar-refractivity contribution in [3.63, 3.8) is 0 Å². The van der Waals surface area contributed by atoms with Gasteiger partial charge in [-0.15, -0.1) is 0 Å². The molecule has 20 heavy (non-hydrogen) atoms. The summed E-state index contributed by atoms with van der Waals surface area (Å²) in [6, 6.07) is 4.91. The van der Waals surface area contributed by atoms with Crippen molar-refractivity contribution >= 4 is 0 Å². The molecule has 0 spiro atoms. The molecule has 1 aromatic carbocycles. The number of hydrogen-bond donors (Lipinski definition) is 2. The fraction of sp³-hybridized carbons (Fsp3) is 0.600. The van der Waals surface area contributed by atoms with Gasteiger partial charge in [-0.1, -0.05) is 32.9 Å². The van der Waals surface area contributed by atoms with E-state index in [1.165, 1.54) is 7.11 Å². The topological polar surface area (TPSA) is 56.5 Å². The number of nitrogens with one attached hydrogen (secondary N) is 1. The molecule has 2 unspecified atom stereocenters. The highest BCUT2D eigenvalue weighted by Crippen LogP contribution is 2.28. The highest BCUT2D eigenvalue weighted by Gasteiger charge is 2.32. The molecule has 0 heterocycles. The summed E-state index contributed by atoms with van der Waals surface area (Å²) in [5, 5.41) is 0. The van der Waals surface area contributed by atoms with E-state index < -0.39 is 0 Å². The van der Waals surface area contributed by atoms with E-state index in [9.17, 15) is 4.39 Å². The minimum absolute atomic E-state index is 0.110. The number of hydrazine groups is 1. The summed E-state index contributed by atoms with van der Waals surface area (Å²) >= 11 is 0. The van der Waals surface area contributed by atoms with E-state index in [0.717, 1.165) is 0 Å². The van der Waals surface area contributed by atoms with Crippen molar-refractivity contribution in [3.8, 4) is 5.75 Å². The van der Waals surface area contributed by atoms with E-state index in [0.29, 0.717) is 12.0 Å². The Morgan fingerprint density at radius 1 is 1.30 bits per heavy atom. The van der Waals surface area contributed by atoms with Crippen molar-refractivity contribution < 1.29 is 13.9 Å². The van der Waals surface area contributed by atoms with Crippen LogP contribution in [0.4, 0.5) is 4.39 Å². The molecule has 1 rings (SSSR count). The number of benzene rings is 1. The van der Waals surface area contributed by atoms with Gasteiger partial charge in [0.15, 0.2) is 11.6 Å². The first-order valence-corrected chi connectivity index (χ1v) is 6.65. The molecule has 0 saturated carbocycles. The van der Waals surface area contributed by atoms with Crippen molar-refractivity contribution in [3.05, 3.63) is 29.6 Å². The Kier molecular flexibility index (Phi) is 5.92. The highest BCUT2D eigenvalue weighted by atomic mass is 19.1. The first-order valence-electron chi connectivity index (χ1n) is 6.65. The number of rotatable bonds is 6. The largest absolute Gasteiger partial charge is 0.494 e. The molecule has 0 aliphatic carbocycles. The van der Waals surface area contributed by atoms with Crippen molar-refractivity contribution in [1.29, 1.82) is 0 Å². The summed E-state index contributed by atoms with van der Waals surface area (Å²) in [6.07, 6.45) is 0.285. The number of nitrogens with two attached hydrogens (primary N) is 1. The molecule has 1 aromatic rings. The molecule has 0 aliphatic rings. The van der Waals surface area contributed by atoms with Crippen LogP contribution in [0.5, 0.6) is 5.75 Å². The van der Waals surface area contributed by atoms with Gasteiger partial charge >= 0.3 is 0 Å². The quantitative estimate of drug-likeness (QED) is 0.621. The smallest absolute Gasteiger partial charge is 0.168 e. The second-order valence-electron chi connectivity index (χ2n) is 5.93. The molecule has 0 bridgehead atoms. The lowest BCUT2D eigenvalue weighted by molar-refractivity contribution is -0.0112. The summed E-state index contributed by atoms with van der Waals surface area (Å²) < 4.78 is 24.7. The number of ether oxygens (including phenoxy) is 2. The van der Waals surface area contributed by atoms with Gasteiger partial charge in [0, 0.05) is 7.11 Å². The van der Waals surface area contributed by atoms with Crippen LogP contribution in [0.3, 0.4) is 0 Å². The van der Waals surface area contributed by atoms with Crippen LogP contribution >= 0.6 is 0 Å². The standard InChI is InChI=1S/C15H25FN2O2/c1-15(2,3)14(20-5)11(18-17)9-10-7-6-8-12(19-4)13(10)16/h6-8,11,14,18H,9,17H2,1-5H3. The van der Waals surface area contributed by atoms with Crippen LogP contribution in [-0.2, 0) is 11.2 Å². The summed E-state index contributed by atoms with van der Waals surface area (Å²) in [5.41, 5.74) is 3.18. The Hall–Kier alpha value is -1.17. The highest BCUT2D eigenvalue weighted by molar-refractivity contribution is 5.31. The minimum Gasteiger partial charge on any atom is -0.494 e. The third kappa shape index (κ3) is 3.91. The van der Waals surface area contributed by atoms with E-state index >= 15 is 0 Å². The maximum absolute atomic E-state index is 14.2. The molecule has 0 radical (unpaired) electrons. The van der Waals surface area contributed by atoms with Crippen LogP contribution in [0.1, 0.15) is 26.3 Å². The molecule has 4 nitrogen and oxygen atoms in total. The van der Waals surface area contributed by atoms with Gasteiger partial charge in [0.2, 0.25) is 0 Å². The molecule has 5 heteroatoms. The lowest BCUT2D eigenvalue weighted by Crippen LogP contribution is -2.51. The third-order valence-electron chi connectivity index (χ3n) is 3.39. The van der Waals surface area contributed by atoms with Crippen LogP contribution in [-0.4, -0.2) is 26.4 Å². The van der Waals surface area contributed by atoms with Crippen molar-refractivity contribution in [2.24, 2.45) is 11.3 Å². The predicted octanol–water partition coefficient (Wildman–Crippen LogP) is 2.27. The SMILES string of the molecule is COc1cccc(CC(NN)C(OC)C(C)(C)C)c1F. The molecule has 0 aromatic heterocycles. The summed E-state index contributed by atoms with van der Waals surface area (Å²) in [4.78, 5) is 0. The van der Waals surface area contributed by atoms with Crippen LogP contribution in [0.15, 0.2) is 18.2 Å². The van der Waals surface area contributed by atoms with Crippen molar-refractivity contribution in [2.75, 3.05) is 14.2 Å². The maximum Gasteiger partial charge on any atom is 0.168 e. The Bertz CT molecular complexity index is 432. The predicted molar refractivity (Wildman–Crippen MR) is 78.0 cm³/mol. The second-order valence-corrected chi connectivity index (χ2v) is 5.93. The monoisotopic (exact) mass is 284 g/mol. The zero-order chi connectivity index (χ0) is 15.3. The van der Waals surface area contributed by atoms with Crippen LogP contribution < -0.4 is 16.0 Å². The summed E-state index contributed by atoms with van der Waals surface area (Å²) in [7, 11) is 3.09. The number of hydrogen-bond acceptors (Lipinski definition) is 4. The van der Waals surface area contributed by atoms with Crippen molar-refractivity contribution in [2.45, 2.75) is 39.3 Å². The molecule has 3 N–H and O–H groups in total. The molecular formula is C15H25FN2O2. The molecule has 0 aliphatic heterocycles. The Labute approximate surface area is 120 Å². The summed E-state index contributed by atoms with van der Waals surface area (Å²) in [5.74, 6) is 5.52. The third-order valence-corrected chi connectivity index (χ3v) is 3.39. The fourth-order valence-electron chi connectivity index (χ4n) is 2.48. The molecule has 2 atom stereocenters. The van der Waals surface area contributed by atoms with E-state index in [2.05, 4.69) is 26.2 Å². The van der Waals surface area contributed by atoms with E-state index in [1.54, 1.807) is 25.3 Å². The van der Waals surface area contributed by atoms with Crippen LogP contribution in [0.25, 0.3) is 0 Å². The lowest BCUT2D eigenvalue weighted by atomic mass is 9.82. The first kappa shape index (κ1) is 16.9. The van der Waals surface area contributed by atoms with Gasteiger partial charge in [0.05, 0.1) is 19.3 Å². The van der Waals surface area contributed by atoms with Crippen LogP contribution in [0.2, 0.25) is 0 Å². The zero-order valence-electron chi connectivity index (χ0n) is 12.9. The molecule has 0 amide bonds. The molecule has 0 fully saturated rings. The van der Waals surface area contributed by atoms with Gasteiger partial charge in [-0.3, -0.25) is 11.3 Å². The Morgan fingerprint density at radius 2 is 1.95 bits per heavy atom. The van der Waals surface area contributed by atoms with Gasteiger partial charge in [0.25, 0.3) is 0 Å². The second kappa shape index (κ2) is 7.02. The van der Waals surface area contributed by atoms with Gasteiger partial charge in [-0.05, 0) is 23.5 Å². The Morgan fingerprint density at radius 3 is 2.40 bits per heavy atom. The average molecular weight is 284 g/mol. The van der Waals surface area contributed by atoms with Gasteiger partial charge in [-0.25, -0.2) is 4.39 Å². The minimum atomic E-state index is -0.348. The maximum atomic E-state index is 14.2. The Balaban J connectivity index is 2.99. The average Bonchev–Trinajstić information content (AvgIpc) is 2.38. The first-order chi connectivity index (χ1) is 9.35. The van der Waals surface area contributed by atoms with E-state index in [1.807, 2.05) is 0 Å².